The highest BCUT2D eigenvalue weighted by molar-refractivity contribution is 5.67. The lowest BCUT2D eigenvalue weighted by molar-refractivity contribution is 0.0588. The molecule has 1 N–H and O–H groups in total. The summed E-state index contributed by atoms with van der Waals surface area (Å²) in [5, 5.41) is 2.88. The summed E-state index contributed by atoms with van der Waals surface area (Å²) in [6, 6.07) is 0. The first-order valence-electron chi connectivity index (χ1n) is 6.78. The van der Waals surface area contributed by atoms with Gasteiger partial charge in [0.05, 0.1) is 0 Å². The Bertz CT molecular complexity index is 312. The summed E-state index contributed by atoms with van der Waals surface area (Å²) in [6.45, 7) is 13.7. The van der Waals surface area contributed by atoms with Crippen molar-refractivity contribution in [2.75, 3.05) is 13.2 Å². The molecule has 0 heterocycles. The molecule has 2 atom stereocenters. The van der Waals surface area contributed by atoms with Gasteiger partial charge in [0.25, 0.3) is 0 Å². The van der Waals surface area contributed by atoms with Crippen LogP contribution in [0.3, 0.4) is 0 Å². The first-order valence-corrected chi connectivity index (χ1v) is 6.78. The van der Waals surface area contributed by atoms with Crippen LogP contribution in [0.25, 0.3) is 0 Å². The summed E-state index contributed by atoms with van der Waals surface area (Å²) < 4.78 is 4.94. The van der Waals surface area contributed by atoms with Gasteiger partial charge in [-0.1, -0.05) is 40.3 Å². The summed E-state index contributed by atoms with van der Waals surface area (Å²) in [4.78, 5) is 11.4. The normalized spacial score (nSPS) is 30.6. The second kappa shape index (κ2) is 5.77. The standard InChI is InChI=1S/C15H27NO2/c1-6-7-18-13(17)16-11-15(5)9-12(2)8-14(3,4)10-15/h6,12H,1,7-11H2,2-5H3,(H,16,17). The summed E-state index contributed by atoms with van der Waals surface area (Å²) >= 11 is 0. The van der Waals surface area contributed by atoms with Crippen molar-refractivity contribution in [2.45, 2.75) is 47.0 Å². The van der Waals surface area contributed by atoms with Crippen LogP contribution in [0.1, 0.15) is 47.0 Å². The van der Waals surface area contributed by atoms with Crippen molar-refractivity contribution in [1.29, 1.82) is 0 Å². The van der Waals surface area contributed by atoms with Crippen LogP contribution < -0.4 is 5.32 Å². The van der Waals surface area contributed by atoms with E-state index in [2.05, 4.69) is 39.6 Å². The van der Waals surface area contributed by atoms with E-state index in [0.717, 1.165) is 12.8 Å². The highest BCUT2D eigenvalue weighted by Crippen LogP contribution is 2.48. The zero-order valence-corrected chi connectivity index (χ0v) is 12.2. The second-order valence-electron chi connectivity index (χ2n) is 6.91. The molecule has 3 nitrogen and oxygen atoms in total. The maximum atomic E-state index is 11.4. The molecule has 0 aliphatic heterocycles. The Morgan fingerprint density at radius 1 is 1.44 bits per heavy atom. The number of carbonyl (C=O) groups excluding carboxylic acids is 1. The van der Waals surface area contributed by atoms with E-state index < -0.39 is 0 Å². The van der Waals surface area contributed by atoms with Crippen molar-refractivity contribution in [3.63, 3.8) is 0 Å². The molecule has 0 radical (unpaired) electrons. The third-order valence-electron chi connectivity index (χ3n) is 3.64. The largest absolute Gasteiger partial charge is 0.445 e. The zero-order chi connectivity index (χ0) is 13.8. The molecule has 1 saturated carbocycles. The lowest BCUT2D eigenvalue weighted by Gasteiger charge is -2.45. The first kappa shape index (κ1) is 15.1. The van der Waals surface area contributed by atoms with Gasteiger partial charge in [-0.15, -0.1) is 0 Å². The molecule has 1 amide bonds. The van der Waals surface area contributed by atoms with Gasteiger partial charge in [0.2, 0.25) is 0 Å². The van der Waals surface area contributed by atoms with Crippen molar-refractivity contribution in [1.82, 2.24) is 5.32 Å². The summed E-state index contributed by atoms with van der Waals surface area (Å²) in [6.07, 6.45) is 4.81. The highest BCUT2D eigenvalue weighted by Gasteiger charge is 2.39. The van der Waals surface area contributed by atoms with Gasteiger partial charge in [0.15, 0.2) is 0 Å². The molecule has 1 rings (SSSR count). The summed E-state index contributed by atoms with van der Waals surface area (Å²) in [7, 11) is 0. The molecule has 0 saturated heterocycles. The van der Waals surface area contributed by atoms with Crippen LogP contribution in [0.2, 0.25) is 0 Å². The fourth-order valence-corrected chi connectivity index (χ4v) is 3.76. The van der Waals surface area contributed by atoms with E-state index in [4.69, 9.17) is 4.74 Å². The molecule has 0 aromatic heterocycles. The number of rotatable bonds is 4. The van der Waals surface area contributed by atoms with E-state index in [1.807, 2.05) is 0 Å². The third kappa shape index (κ3) is 4.71. The minimum atomic E-state index is -0.341. The minimum Gasteiger partial charge on any atom is -0.445 e. The minimum absolute atomic E-state index is 0.175. The molecule has 0 spiro atoms. The molecule has 3 heteroatoms. The average Bonchev–Trinajstić information content (AvgIpc) is 2.20. The van der Waals surface area contributed by atoms with Gasteiger partial charge in [0.1, 0.15) is 6.61 Å². The number of amides is 1. The van der Waals surface area contributed by atoms with Crippen molar-refractivity contribution >= 4 is 6.09 Å². The Balaban J connectivity index is 2.48. The number of nitrogens with one attached hydrogen (secondary N) is 1. The van der Waals surface area contributed by atoms with Crippen LogP contribution in [0, 0.1) is 16.7 Å². The predicted octanol–water partition coefficient (Wildman–Crippen LogP) is 3.75. The molecular weight excluding hydrogens is 226 g/mol. The van der Waals surface area contributed by atoms with Crippen molar-refractivity contribution < 1.29 is 9.53 Å². The maximum absolute atomic E-state index is 11.4. The number of ether oxygens (including phenoxy) is 1. The van der Waals surface area contributed by atoms with Crippen LogP contribution in [-0.4, -0.2) is 19.2 Å². The number of carbonyl (C=O) groups is 1. The van der Waals surface area contributed by atoms with Gasteiger partial charge < -0.3 is 10.1 Å². The second-order valence-corrected chi connectivity index (χ2v) is 6.91. The summed E-state index contributed by atoms with van der Waals surface area (Å²) in [5.41, 5.74) is 0.535. The Hall–Kier alpha value is -0.990. The molecule has 0 bridgehead atoms. The molecule has 0 aromatic carbocycles. The fraction of sp³-hybridized carbons (Fsp3) is 0.800. The molecule has 2 unspecified atom stereocenters. The summed E-state index contributed by atoms with van der Waals surface area (Å²) in [5.74, 6) is 0.713. The SMILES string of the molecule is C=CCOC(=O)NCC1(C)CC(C)CC(C)(C)C1. The Morgan fingerprint density at radius 3 is 2.67 bits per heavy atom. The van der Waals surface area contributed by atoms with Gasteiger partial charge in [-0.3, -0.25) is 0 Å². The Kier molecular flexibility index (Phi) is 4.83. The van der Waals surface area contributed by atoms with E-state index >= 15 is 0 Å². The van der Waals surface area contributed by atoms with Crippen LogP contribution in [0.5, 0.6) is 0 Å². The highest BCUT2D eigenvalue weighted by atomic mass is 16.5. The fourth-order valence-electron chi connectivity index (χ4n) is 3.76. The van der Waals surface area contributed by atoms with Crippen LogP contribution in [0.4, 0.5) is 4.79 Å². The number of alkyl carbamates (subject to hydrolysis) is 1. The van der Waals surface area contributed by atoms with Crippen LogP contribution in [0.15, 0.2) is 12.7 Å². The first-order chi connectivity index (χ1) is 8.26. The molecule has 0 aromatic rings. The molecular formula is C15H27NO2. The number of hydrogen-bond donors (Lipinski definition) is 1. The monoisotopic (exact) mass is 253 g/mol. The lowest BCUT2D eigenvalue weighted by Crippen LogP contribution is -2.43. The van der Waals surface area contributed by atoms with E-state index in [-0.39, 0.29) is 18.1 Å². The molecule has 104 valence electrons. The van der Waals surface area contributed by atoms with Gasteiger partial charge in [-0.2, -0.15) is 0 Å². The zero-order valence-electron chi connectivity index (χ0n) is 12.2. The smallest absolute Gasteiger partial charge is 0.407 e. The number of hydrogen-bond acceptors (Lipinski definition) is 2. The molecule has 1 aliphatic rings. The molecule has 1 fully saturated rings. The van der Waals surface area contributed by atoms with Gasteiger partial charge in [-0.05, 0) is 36.0 Å². The van der Waals surface area contributed by atoms with Gasteiger partial charge >= 0.3 is 6.09 Å². The van der Waals surface area contributed by atoms with E-state index in [1.54, 1.807) is 6.08 Å². The Morgan fingerprint density at radius 2 is 2.11 bits per heavy atom. The third-order valence-corrected chi connectivity index (χ3v) is 3.64. The van der Waals surface area contributed by atoms with Crippen molar-refractivity contribution in [3.8, 4) is 0 Å². The maximum Gasteiger partial charge on any atom is 0.407 e. The average molecular weight is 253 g/mol. The van der Waals surface area contributed by atoms with Crippen molar-refractivity contribution in [2.24, 2.45) is 16.7 Å². The van der Waals surface area contributed by atoms with Gasteiger partial charge in [0, 0.05) is 6.54 Å². The van der Waals surface area contributed by atoms with Crippen molar-refractivity contribution in [3.05, 3.63) is 12.7 Å². The van der Waals surface area contributed by atoms with E-state index in [9.17, 15) is 4.79 Å². The molecule has 1 aliphatic carbocycles. The Labute approximate surface area is 111 Å². The molecule has 18 heavy (non-hydrogen) atoms. The lowest BCUT2D eigenvalue weighted by atomic mass is 9.61. The van der Waals surface area contributed by atoms with Gasteiger partial charge in [-0.25, -0.2) is 4.79 Å². The van der Waals surface area contributed by atoms with E-state index in [0.29, 0.717) is 17.9 Å². The van der Waals surface area contributed by atoms with Crippen LogP contribution in [-0.2, 0) is 4.74 Å². The van der Waals surface area contributed by atoms with Crippen LogP contribution >= 0.6 is 0 Å². The quantitative estimate of drug-likeness (QED) is 0.775. The van der Waals surface area contributed by atoms with E-state index in [1.165, 1.54) is 6.42 Å². The topological polar surface area (TPSA) is 38.3 Å². The predicted molar refractivity (Wildman–Crippen MR) is 74.5 cm³/mol.